The predicted molar refractivity (Wildman–Crippen MR) is 109 cm³/mol. The second-order valence-electron chi connectivity index (χ2n) is 7.94. The van der Waals surface area contributed by atoms with Crippen molar-refractivity contribution in [1.29, 1.82) is 0 Å². The van der Waals surface area contributed by atoms with Crippen molar-refractivity contribution >= 4 is 21.6 Å². The number of rotatable bonds is 6. The van der Waals surface area contributed by atoms with Gasteiger partial charge in [-0.05, 0) is 43.0 Å². The Morgan fingerprint density at radius 2 is 1.90 bits per heavy atom. The van der Waals surface area contributed by atoms with E-state index >= 15 is 0 Å². The van der Waals surface area contributed by atoms with Gasteiger partial charge in [-0.15, -0.1) is 0 Å². The lowest BCUT2D eigenvalue weighted by Gasteiger charge is -2.22. The molecule has 0 saturated heterocycles. The summed E-state index contributed by atoms with van der Waals surface area (Å²) in [6.45, 7) is 1.66. The van der Waals surface area contributed by atoms with E-state index in [1.807, 2.05) is 0 Å². The second-order valence-corrected chi connectivity index (χ2v) is 9.93. The van der Waals surface area contributed by atoms with Gasteiger partial charge in [0.25, 0.3) is 0 Å². The molecule has 10 heteroatoms. The number of halogens is 3. The summed E-state index contributed by atoms with van der Waals surface area (Å²) in [4.78, 5) is 20.4. The summed E-state index contributed by atoms with van der Waals surface area (Å²) in [6, 6.07) is 4.54. The van der Waals surface area contributed by atoms with Crippen LogP contribution in [-0.4, -0.2) is 30.5 Å². The van der Waals surface area contributed by atoms with E-state index < -0.39 is 38.3 Å². The largest absolute Gasteiger partial charge is 0.417 e. The highest BCUT2D eigenvalue weighted by atomic mass is 32.2. The van der Waals surface area contributed by atoms with Crippen molar-refractivity contribution in [2.24, 2.45) is 5.92 Å². The maximum absolute atomic E-state index is 13.6. The maximum Gasteiger partial charge on any atom is 0.417 e. The van der Waals surface area contributed by atoms with Crippen LogP contribution in [-0.2, 0) is 20.8 Å². The van der Waals surface area contributed by atoms with Crippen molar-refractivity contribution in [1.82, 2.24) is 9.97 Å². The zero-order valence-corrected chi connectivity index (χ0v) is 18.1. The molecule has 1 atom stereocenters. The first-order valence-electron chi connectivity index (χ1n) is 9.97. The minimum Gasteiger partial charge on any atom is -0.310 e. The molecule has 2 aromatic rings. The molecule has 1 aliphatic carbocycles. The molecule has 6 nitrogen and oxygen atoms in total. The average molecular weight is 456 g/mol. The van der Waals surface area contributed by atoms with Gasteiger partial charge in [0, 0.05) is 12.5 Å². The number of nitrogens with one attached hydrogen (secondary N) is 1. The molecule has 1 N–H and O–H groups in total. The van der Waals surface area contributed by atoms with Crippen LogP contribution in [0.1, 0.15) is 55.0 Å². The van der Waals surface area contributed by atoms with Gasteiger partial charge >= 0.3 is 6.18 Å². The van der Waals surface area contributed by atoms with E-state index in [2.05, 4.69) is 15.3 Å². The topological polar surface area (TPSA) is 89.0 Å². The Morgan fingerprint density at radius 3 is 2.48 bits per heavy atom. The number of nitrogens with zero attached hydrogens (tertiary/aromatic N) is 2. The zero-order valence-electron chi connectivity index (χ0n) is 17.2. The van der Waals surface area contributed by atoms with Crippen LogP contribution in [0.2, 0.25) is 0 Å². The number of carbonyl (C=O) groups is 1. The number of sulfone groups is 1. The Bertz CT molecular complexity index is 1070. The normalized spacial score (nSPS) is 16.3. The maximum atomic E-state index is 13.6. The number of aryl methyl sites for hydroxylation is 1. The molecule has 1 aliphatic rings. The third kappa shape index (κ3) is 5.81. The number of hydrogen-bond donors (Lipinski definition) is 1. The van der Waals surface area contributed by atoms with E-state index in [-0.39, 0.29) is 17.3 Å². The van der Waals surface area contributed by atoms with Crippen LogP contribution in [0.3, 0.4) is 0 Å². The monoisotopic (exact) mass is 455 g/mol. The van der Waals surface area contributed by atoms with Gasteiger partial charge in [0.15, 0.2) is 9.84 Å². The van der Waals surface area contributed by atoms with Crippen LogP contribution in [0.15, 0.2) is 35.4 Å². The van der Waals surface area contributed by atoms with E-state index in [1.54, 1.807) is 6.92 Å². The summed E-state index contributed by atoms with van der Waals surface area (Å²) in [5.41, 5.74) is -1.12. The van der Waals surface area contributed by atoms with Crippen LogP contribution >= 0.6 is 0 Å². The number of amides is 1. The number of aromatic nitrogens is 2. The van der Waals surface area contributed by atoms with E-state index in [0.717, 1.165) is 44.1 Å². The minimum absolute atomic E-state index is 0.134. The molecule has 1 heterocycles. The van der Waals surface area contributed by atoms with Gasteiger partial charge in [0.05, 0.1) is 16.4 Å². The fourth-order valence-electron chi connectivity index (χ4n) is 4.02. The quantitative estimate of drug-likeness (QED) is 0.692. The van der Waals surface area contributed by atoms with Gasteiger partial charge < -0.3 is 5.32 Å². The van der Waals surface area contributed by atoms with Gasteiger partial charge in [0.1, 0.15) is 11.6 Å². The van der Waals surface area contributed by atoms with Gasteiger partial charge in [-0.25, -0.2) is 18.4 Å². The lowest BCUT2D eigenvalue weighted by atomic mass is 9.86. The van der Waals surface area contributed by atoms with Crippen LogP contribution in [0, 0.1) is 12.8 Å². The van der Waals surface area contributed by atoms with E-state index in [1.165, 1.54) is 18.3 Å². The second kappa shape index (κ2) is 8.94. The zero-order chi connectivity index (χ0) is 22.8. The highest BCUT2D eigenvalue weighted by Gasteiger charge is 2.38. The third-order valence-electron chi connectivity index (χ3n) is 5.50. The summed E-state index contributed by atoms with van der Waals surface area (Å²) in [6.07, 6.45) is 1.58. The molecule has 31 heavy (non-hydrogen) atoms. The molecule has 0 radical (unpaired) electrons. The summed E-state index contributed by atoms with van der Waals surface area (Å²) in [5, 5.41) is 2.67. The standard InChI is InChI=1S/C21H24F3N3O3S/c1-13-25-10-9-19(26-13)27-20(28)16(11-14-5-3-4-6-14)15-7-8-18(31(2,29)30)17(12-15)21(22,23)24/h7-10,12,14,16H,3-6,11H2,1-2H3,(H,25,26,27,28). The molecule has 0 aliphatic heterocycles. The first-order valence-corrected chi connectivity index (χ1v) is 11.9. The highest BCUT2D eigenvalue weighted by Crippen LogP contribution is 2.39. The third-order valence-corrected chi connectivity index (χ3v) is 6.65. The molecule has 1 saturated carbocycles. The van der Waals surface area contributed by atoms with Gasteiger partial charge in [0.2, 0.25) is 5.91 Å². The Kier molecular flexibility index (Phi) is 6.68. The van der Waals surface area contributed by atoms with E-state index in [0.29, 0.717) is 12.2 Å². The van der Waals surface area contributed by atoms with Crippen LogP contribution < -0.4 is 5.32 Å². The Hall–Kier alpha value is -2.49. The van der Waals surface area contributed by atoms with Crippen molar-refractivity contribution in [2.75, 3.05) is 11.6 Å². The SMILES string of the molecule is Cc1nccc(NC(=O)C(CC2CCCC2)c2ccc(S(C)(=O)=O)c(C(F)(F)F)c2)n1. The molecule has 3 rings (SSSR count). The van der Waals surface area contributed by atoms with Crippen molar-refractivity contribution in [3.63, 3.8) is 0 Å². The first-order chi connectivity index (χ1) is 14.4. The van der Waals surface area contributed by atoms with E-state index in [4.69, 9.17) is 0 Å². The smallest absolute Gasteiger partial charge is 0.310 e. The molecule has 1 aromatic heterocycles. The predicted octanol–water partition coefficient (Wildman–Crippen LogP) is 4.51. The molecule has 0 spiro atoms. The highest BCUT2D eigenvalue weighted by molar-refractivity contribution is 7.90. The number of hydrogen-bond acceptors (Lipinski definition) is 5. The number of alkyl halides is 3. The van der Waals surface area contributed by atoms with Crippen LogP contribution in [0.4, 0.5) is 19.0 Å². The average Bonchev–Trinajstić information content (AvgIpc) is 3.17. The number of anilines is 1. The molecule has 1 aromatic carbocycles. The van der Waals surface area contributed by atoms with E-state index in [9.17, 15) is 26.4 Å². The summed E-state index contributed by atoms with van der Waals surface area (Å²) in [5.74, 6) is -0.426. The molecule has 168 valence electrons. The van der Waals surface area contributed by atoms with Crippen molar-refractivity contribution < 1.29 is 26.4 Å². The van der Waals surface area contributed by atoms with Gasteiger partial charge in [-0.1, -0.05) is 31.7 Å². The minimum atomic E-state index is -4.87. The van der Waals surface area contributed by atoms with Crippen molar-refractivity contribution in [2.45, 2.75) is 56.0 Å². The van der Waals surface area contributed by atoms with Crippen LogP contribution in [0.5, 0.6) is 0 Å². The molecule has 0 bridgehead atoms. The fraction of sp³-hybridized carbons (Fsp3) is 0.476. The van der Waals surface area contributed by atoms with Gasteiger partial charge in [-0.3, -0.25) is 4.79 Å². The lowest BCUT2D eigenvalue weighted by molar-refractivity contribution is -0.140. The summed E-state index contributed by atoms with van der Waals surface area (Å²) >= 11 is 0. The molecule has 1 fully saturated rings. The Morgan fingerprint density at radius 1 is 1.23 bits per heavy atom. The van der Waals surface area contributed by atoms with Crippen molar-refractivity contribution in [3.05, 3.63) is 47.4 Å². The van der Waals surface area contributed by atoms with Crippen LogP contribution in [0.25, 0.3) is 0 Å². The number of carbonyl (C=O) groups excluding carboxylic acids is 1. The number of benzene rings is 1. The summed E-state index contributed by atoms with van der Waals surface area (Å²) in [7, 11) is -4.09. The molecular weight excluding hydrogens is 431 g/mol. The fourth-order valence-corrected chi connectivity index (χ4v) is 4.91. The lowest BCUT2D eigenvalue weighted by Crippen LogP contribution is -2.24. The Labute approximate surface area is 179 Å². The Balaban J connectivity index is 2.01. The molecular formula is C21H24F3N3O3S. The molecule has 1 unspecified atom stereocenters. The first kappa shape index (κ1) is 23.2. The van der Waals surface area contributed by atoms with Crippen molar-refractivity contribution in [3.8, 4) is 0 Å². The summed E-state index contributed by atoms with van der Waals surface area (Å²) < 4.78 is 64.7. The molecule has 1 amide bonds. The van der Waals surface area contributed by atoms with Gasteiger partial charge in [-0.2, -0.15) is 13.2 Å².